The molecule has 94 valence electrons. The molecule has 0 aromatic heterocycles. The van der Waals surface area contributed by atoms with E-state index in [-0.39, 0.29) is 12.1 Å². The van der Waals surface area contributed by atoms with Crippen molar-refractivity contribution in [1.29, 1.82) is 5.26 Å². The number of nitrogens with one attached hydrogen (secondary N) is 1. The molecule has 0 bridgehead atoms. The summed E-state index contributed by atoms with van der Waals surface area (Å²) in [6, 6.07) is 2.41. The first-order chi connectivity index (χ1) is 7.74. The lowest BCUT2D eigenvalue weighted by atomic mass is 9.92. The van der Waals surface area contributed by atoms with Crippen molar-refractivity contribution >= 4 is 11.8 Å². The largest absolute Gasteiger partial charge is 0.396 e. The molecule has 0 saturated heterocycles. The average molecular weight is 244 g/mol. The molecule has 2 N–H and O–H groups in total. The average Bonchev–Trinajstić information content (AvgIpc) is 2.32. The van der Waals surface area contributed by atoms with Gasteiger partial charge in [0.25, 0.3) is 0 Å². The number of thioether (sulfide) groups is 1. The highest BCUT2D eigenvalue weighted by Crippen LogP contribution is 2.18. The van der Waals surface area contributed by atoms with Crippen molar-refractivity contribution < 1.29 is 5.11 Å². The number of hydrogen-bond acceptors (Lipinski definition) is 4. The molecule has 1 unspecified atom stereocenters. The van der Waals surface area contributed by atoms with Crippen molar-refractivity contribution in [2.45, 2.75) is 45.1 Å². The van der Waals surface area contributed by atoms with Crippen LogP contribution in [0.3, 0.4) is 0 Å². The Kier molecular flexibility index (Phi) is 9.80. The van der Waals surface area contributed by atoms with Crippen LogP contribution < -0.4 is 5.32 Å². The van der Waals surface area contributed by atoms with Crippen LogP contribution in [0.5, 0.6) is 0 Å². The monoisotopic (exact) mass is 244 g/mol. The van der Waals surface area contributed by atoms with E-state index in [1.165, 1.54) is 0 Å². The maximum Gasteiger partial charge on any atom is 0.106 e. The molecular weight excluding hydrogens is 220 g/mol. The van der Waals surface area contributed by atoms with Crippen molar-refractivity contribution in [2.75, 3.05) is 24.7 Å². The van der Waals surface area contributed by atoms with E-state index in [9.17, 15) is 5.26 Å². The Hall–Kier alpha value is -0.240. The molecule has 0 rings (SSSR count). The van der Waals surface area contributed by atoms with Crippen LogP contribution in [0.15, 0.2) is 0 Å². The van der Waals surface area contributed by atoms with Gasteiger partial charge in [-0.3, -0.25) is 5.32 Å². The van der Waals surface area contributed by atoms with Crippen molar-refractivity contribution in [2.24, 2.45) is 0 Å². The maximum absolute atomic E-state index is 9.20. The summed E-state index contributed by atoms with van der Waals surface area (Å²) in [5.74, 6) is 2.10. The number of aliphatic hydroxyl groups excluding tert-OH is 1. The molecule has 0 spiro atoms. The molecule has 4 heteroatoms. The lowest BCUT2D eigenvalue weighted by Gasteiger charge is -2.25. The Labute approximate surface area is 104 Å². The quantitative estimate of drug-likeness (QED) is 0.578. The van der Waals surface area contributed by atoms with Gasteiger partial charge in [0, 0.05) is 6.61 Å². The van der Waals surface area contributed by atoms with Crippen LogP contribution in [0.25, 0.3) is 0 Å². The third kappa shape index (κ3) is 6.37. The second kappa shape index (κ2) is 9.95. The Balaban J connectivity index is 3.73. The molecule has 0 aromatic carbocycles. The van der Waals surface area contributed by atoms with Crippen LogP contribution in [0.1, 0.15) is 39.5 Å². The normalized spacial score (nSPS) is 14.4. The summed E-state index contributed by atoms with van der Waals surface area (Å²) in [6.07, 6.45) is 3.71. The maximum atomic E-state index is 9.20. The second-order valence-corrected chi connectivity index (χ2v) is 5.10. The smallest absolute Gasteiger partial charge is 0.106 e. The molecule has 16 heavy (non-hydrogen) atoms. The molecule has 0 aliphatic carbocycles. The van der Waals surface area contributed by atoms with Gasteiger partial charge in [0.15, 0.2) is 0 Å². The fourth-order valence-electron chi connectivity index (χ4n) is 1.65. The molecule has 0 amide bonds. The SMILES string of the molecule is CCNC(C#N)(CC)CCCSCCCO. The summed E-state index contributed by atoms with van der Waals surface area (Å²) < 4.78 is 0. The second-order valence-electron chi connectivity index (χ2n) is 3.87. The van der Waals surface area contributed by atoms with E-state index in [4.69, 9.17) is 5.11 Å². The fourth-order valence-corrected chi connectivity index (χ4v) is 2.53. The number of nitriles is 1. The zero-order valence-electron chi connectivity index (χ0n) is 10.5. The number of rotatable bonds is 10. The molecule has 0 aromatic rings. The van der Waals surface area contributed by atoms with Gasteiger partial charge in [0.2, 0.25) is 0 Å². The lowest BCUT2D eigenvalue weighted by molar-refractivity contribution is 0.296. The third-order valence-corrected chi connectivity index (χ3v) is 3.83. The zero-order valence-corrected chi connectivity index (χ0v) is 11.3. The molecule has 0 heterocycles. The van der Waals surface area contributed by atoms with E-state index in [1.54, 1.807) is 0 Å². The summed E-state index contributed by atoms with van der Waals surface area (Å²) in [7, 11) is 0. The molecule has 1 atom stereocenters. The van der Waals surface area contributed by atoms with Gasteiger partial charge in [0.05, 0.1) is 6.07 Å². The van der Waals surface area contributed by atoms with Gasteiger partial charge in [-0.2, -0.15) is 17.0 Å². The molecule has 0 saturated carbocycles. The highest BCUT2D eigenvalue weighted by molar-refractivity contribution is 7.99. The van der Waals surface area contributed by atoms with Gasteiger partial charge in [-0.1, -0.05) is 13.8 Å². The Morgan fingerprint density at radius 3 is 2.50 bits per heavy atom. The highest BCUT2D eigenvalue weighted by atomic mass is 32.2. The minimum atomic E-state index is -0.327. The predicted octanol–water partition coefficient (Wildman–Crippen LogP) is 2.16. The Morgan fingerprint density at radius 1 is 1.31 bits per heavy atom. The number of nitrogens with zero attached hydrogens (tertiary/aromatic N) is 1. The van der Waals surface area contributed by atoms with Crippen molar-refractivity contribution in [3.05, 3.63) is 0 Å². The summed E-state index contributed by atoms with van der Waals surface area (Å²) in [5.41, 5.74) is -0.327. The minimum absolute atomic E-state index is 0.279. The Bertz CT molecular complexity index is 206. The van der Waals surface area contributed by atoms with E-state index < -0.39 is 0 Å². The van der Waals surface area contributed by atoms with E-state index in [2.05, 4.69) is 18.3 Å². The third-order valence-electron chi connectivity index (χ3n) is 2.67. The molecule has 0 aliphatic rings. The number of hydrogen-bond donors (Lipinski definition) is 2. The van der Waals surface area contributed by atoms with Gasteiger partial charge < -0.3 is 5.11 Å². The van der Waals surface area contributed by atoms with E-state index in [1.807, 2.05) is 18.7 Å². The minimum Gasteiger partial charge on any atom is -0.396 e. The fraction of sp³-hybridized carbons (Fsp3) is 0.917. The first-order valence-electron chi connectivity index (χ1n) is 6.09. The van der Waals surface area contributed by atoms with Crippen LogP contribution >= 0.6 is 11.8 Å². The first kappa shape index (κ1) is 15.8. The van der Waals surface area contributed by atoms with Gasteiger partial charge in [-0.25, -0.2) is 0 Å². The highest BCUT2D eigenvalue weighted by Gasteiger charge is 2.25. The van der Waals surface area contributed by atoms with Crippen LogP contribution in [0.4, 0.5) is 0 Å². The first-order valence-corrected chi connectivity index (χ1v) is 7.25. The summed E-state index contributed by atoms with van der Waals surface area (Å²) in [5, 5.41) is 21.1. The van der Waals surface area contributed by atoms with E-state index in [0.717, 1.165) is 43.7 Å². The standard InChI is InChI=1S/C12H24N2OS/c1-3-12(11-13,14-4-2)7-5-9-16-10-6-8-15/h14-15H,3-10H2,1-2H3. The predicted molar refractivity (Wildman–Crippen MR) is 70.6 cm³/mol. The van der Waals surface area contributed by atoms with Crippen molar-refractivity contribution in [3.8, 4) is 6.07 Å². The van der Waals surface area contributed by atoms with Gasteiger partial charge >= 0.3 is 0 Å². The summed E-state index contributed by atoms with van der Waals surface area (Å²) in [6.45, 7) is 5.23. The van der Waals surface area contributed by atoms with Crippen LogP contribution in [-0.4, -0.2) is 35.3 Å². The van der Waals surface area contributed by atoms with Crippen molar-refractivity contribution in [3.63, 3.8) is 0 Å². The zero-order chi connectivity index (χ0) is 12.3. The van der Waals surface area contributed by atoms with Gasteiger partial charge in [-0.05, 0) is 43.7 Å². The lowest BCUT2D eigenvalue weighted by Crippen LogP contribution is -2.43. The van der Waals surface area contributed by atoms with Gasteiger partial charge in [0.1, 0.15) is 5.54 Å². The molecule has 0 aliphatic heterocycles. The summed E-state index contributed by atoms with van der Waals surface area (Å²) >= 11 is 1.86. The van der Waals surface area contributed by atoms with Crippen LogP contribution in [0.2, 0.25) is 0 Å². The topological polar surface area (TPSA) is 56.0 Å². The van der Waals surface area contributed by atoms with E-state index >= 15 is 0 Å². The summed E-state index contributed by atoms with van der Waals surface area (Å²) in [4.78, 5) is 0. The number of aliphatic hydroxyl groups is 1. The van der Waals surface area contributed by atoms with Gasteiger partial charge in [-0.15, -0.1) is 0 Å². The molecule has 0 fully saturated rings. The molecule has 3 nitrogen and oxygen atoms in total. The van der Waals surface area contributed by atoms with Crippen LogP contribution in [0, 0.1) is 11.3 Å². The van der Waals surface area contributed by atoms with Crippen molar-refractivity contribution in [1.82, 2.24) is 5.32 Å². The molecule has 0 radical (unpaired) electrons. The molecular formula is C12H24N2OS. The Morgan fingerprint density at radius 2 is 2.00 bits per heavy atom. The van der Waals surface area contributed by atoms with E-state index in [0.29, 0.717) is 0 Å². The van der Waals surface area contributed by atoms with Crippen LogP contribution in [-0.2, 0) is 0 Å².